The number of thiophene rings is 2. The van der Waals surface area contributed by atoms with Crippen LogP contribution in [-0.2, 0) is 21.5 Å². The lowest BCUT2D eigenvalue weighted by Gasteiger charge is -2.25. The maximum absolute atomic E-state index is 12.0. The third kappa shape index (κ3) is 4.16. The summed E-state index contributed by atoms with van der Waals surface area (Å²) in [5, 5.41) is 7.08. The van der Waals surface area contributed by atoms with Crippen molar-refractivity contribution in [2.45, 2.75) is 32.9 Å². The van der Waals surface area contributed by atoms with Gasteiger partial charge in [-0.2, -0.15) is 12.7 Å². The third-order valence-electron chi connectivity index (χ3n) is 2.39. The maximum atomic E-state index is 12.0. The van der Waals surface area contributed by atoms with E-state index in [-0.39, 0.29) is 6.54 Å². The topological polar surface area (TPSA) is 89.7 Å². The van der Waals surface area contributed by atoms with E-state index >= 15 is 0 Å². The standard InChI is InChI=1S/C12H16N2O4S3/c1-12(2,3)18-11(15)14(21(13,16)17)7-8-6-10-9(20-8)4-5-19-10/h4-6H,7H2,1-3H3,(H2,13,16,17). The molecule has 0 radical (unpaired) electrons. The first-order valence-corrected chi connectivity index (χ1v) is 9.25. The van der Waals surface area contributed by atoms with Crippen molar-refractivity contribution in [1.29, 1.82) is 0 Å². The summed E-state index contributed by atoms with van der Waals surface area (Å²) >= 11 is 2.98. The van der Waals surface area contributed by atoms with Crippen molar-refractivity contribution in [2.24, 2.45) is 5.14 Å². The highest BCUT2D eigenvalue weighted by Crippen LogP contribution is 2.31. The molecular formula is C12H16N2O4S3. The molecule has 0 aromatic carbocycles. The quantitative estimate of drug-likeness (QED) is 0.923. The molecule has 2 aromatic heterocycles. The van der Waals surface area contributed by atoms with Crippen molar-refractivity contribution in [3.05, 3.63) is 22.4 Å². The molecule has 0 fully saturated rings. The van der Waals surface area contributed by atoms with E-state index in [1.54, 1.807) is 32.1 Å². The van der Waals surface area contributed by atoms with Gasteiger partial charge in [0, 0.05) is 14.3 Å². The van der Waals surface area contributed by atoms with Gasteiger partial charge in [-0.15, -0.1) is 22.7 Å². The summed E-state index contributed by atoms with van der Waals surface area (Å²) < 4.78 is 31.0. The largest absolute Gasteiger partial charge is 0.443 e. The van der Waals surface area contributed by atoms with Crippen molar-refractivity contribution >= 4 is 48.4 Å². The summed E-state index contributed by atoms with van der Waals surface area (Å²) in [7, 11) is -4.19. The van der Waals surface area contributed by atoms with Gasteiger partial charge in [0.2, 0.25) is 0 Å². The molecule has 2 aromatic rings. The number of carbonyl (C=O) groups excluding carboxylic acids is 1. The Morgan fingerprint density at radius 1 is 1.38 bits per heavy atom. The molecule has 21 heavy (non-hydrogen) atoms. The van der Waals surface area contributed by atoms with Crippen LogP contribution >= 0.6 is 22.7 Å². The molecule has 0 unspecified atom stereocenters. The van der Waals surface area contributed by atoms with E-state index in [4.69, 9.17) is 9.88 Å². The highest BCUT2D eigenvalue weighted by molar-refractivity contribution is 7.87. The van der Waals surface area contributed by atoms with Gasteiger partial charge in [-0.25, -0.2) is 9.93 Å². The molecule has 1 amide bonds. The molecule has 0 aliphatic rings. The number of nitrogens with zero attached hydrogens (tertiary/aromatic N) is 1. The number of hydrogen-bond acceptors (Lipinski definition) is 6. The molecular weight excluding hydrogens is 332 g/mol. The summed E-state index contributed by atoms with van der Waals surface area (Å²) in [4.78, 5) is 12.7. The van der Waals surface area contributed by atoms with E-state index < -0.39 is 21.9 Å². The van der Waals surface area contributed by atoms with Crippen molar-refractivity contribution in [3.63, 3.8) is 0 Å². The Labute approximate surface area is 131 Å². The van der Waals surface area contributed by atoms with Gasteiger partial charge in [0.25, 0.3) is 0 Å². The normalized spacial score (nSPS) is 12.6. The Hall–Kier alpha value is -1.16. The van der Waals surface area contributed by atoms with Crippen molar-refractivity contribution in [1.82, 2.24) is 4.31 Å². The van der Waals surface area contributed by atoms with Crippen LogP contribution in [0.1, 0.15) is 25.6 Å². The van der Waals surface area contributed by atoms with Gasteiger partial charge in [-0.1, -0.05) is 0 Å². The number of hydrogen-bond donors (Lipinski definition) is 1. The van der Waals surface area contributed by atoms with Crippen LogP contribution in [0.15, 0.2) is 17.5 Å². The summed E-state index contributed by atoms with van der Waals surface area (Å²) in [6.07, 6.45) is -0.971. The van der Waals surface area contributed by atoms with E-state index in [9.17, 15) is 13.2 Å². The number of nitrogens with two attached hydrogens (primary N) is 1. The SMILES string of the molecule is CC(C)(C)OC(=O)N(Cc1cc2sccc2s1)S(N)(=O)=O. The van der Waals surface area contributed by atoms with Crippen molar-refractivity contribution in [2.75, 3.05) is 0 Å². The third-order valence-corrected chi connectivity index (χ3v) is 5.36. The predicted molar refractivity (Wildman–Crippen MR) is 84.6 cm³/mol. The van der Waals surface area contributed by atoms with Crippen LogP contribution in [0.4, 0.5) is 4.79 Å². The monoisotopic (exact) mass is 348 g/mol. The lowest BCUT2D eigenvalue weighted by Crippen LogP contribution is -2.43. The average Bonchev–Trinajstić information content (AvgIpc) is 2.80. The molecule has 0 saturated heterocycles. The second-order valence-electron chi connectivity index (χ2n) is 5.39. The molecule has 6 nitrogen and oxygen atoms in total. The molecule has 2 N–H and O–H groups in total. The second-order valence-corrected chi connectivity index (χ2v) is 8.98. The van der Waals surface area contributed by atoms with E-state index in [1.165, 1.54) is 11.3 Å². The molecule has 0 aliphatic carbocycles. The van der Waals surface area contributed by atoms with Crippen LogP contribution in [-0.4, -0.2) is 24.4 Å². The van der Waals surface area contributed by atoms with Crippen LogP contribution in [0.5, 0.6) is 0 Å². The molecule has 2 heterocycles. The molecule has 9 heteroatoms. The minimum atomic E-state index is -4.19. The summed E-state index contributed by atoms with van der Waals surface area (Å²) in [6.45, 7) is 4.85. The minimum Gasteiger partial charge on any atom is -0.443 e. The zero-order chi connectivity index (χ0) is 15.8. The Bertz CT molecular complexity index is 726. The van der Waals surface area contributed by atoms with Gasteiger partial charge >= 0.3 is 16.3 Å². The number of rotatable bonds is 3. The maximum Gasteiger partial charge on any atom is 0.425 e. The summed E-state index contributed by atoms with van der Waals surface area (Å²) in [5.74, 6) is 0. The zero-order valence-corrected chi connectivity index (χ0v) is 14.3. The first-order chi connectivity index (χ1) is 9.56. The smallest absolute Gasteiger partial charge is 0.425 e. The molecule has 116 valence electrons. The van der Waals surface area contributed by atoms with Gasteiger partial charge in [0.1, 0.15) is 5.60 Å². The Kier molecular flexibility index (Phi) is 4.29. The van der Waals surface area contributed by atoms with Gasteiger partial charge in [-0.05, 0) is 38.3 Å². The van der Waals surface area contributed by atoms with Gasteiger partial charge in [0.15, 0.2) is 0 Å². The highest BCUT2D eigenvalue weighted by Gasteiger charge is 2.29. The van der Waals surface area contributed by atoms with E-state index in [0.29, 0.717) is 4.31 Å². The Balaban J connectivity index is 2.25. The highest BCUT2D eigenvalue weighted by atomic mass is 32.2. The van der Waals surface area contributed by atoms with Crippen LogP contribution in [0.2, 0.25) is 0 Å². The van der Waals surface area contributed by atoms with E-state index in [1.807, 2.05) is 17.5 Å². The predicted octanol–water partition coefficient (Wildman–Crippen LogP) is 2.90. The van der Waals surface area contributed by atoms with E-state index in [2.05, 4.69) is 0 Å². The first kappa shape index (κ1) is 16.2. The molecule has 0 spiro atoms. The number of amides is 1. The first-order valence-electron chi connectivity index (χ1n) is 6.05. The Morgan fingerprint density at radius 3 is 2.57 bits per heavy atom. The number of fused-ring (bicyclic) bond motifs is 1. The molecule has 0 atom stereocenters. The molecule has 0 bridgehead atoms. The summed E-state index contributed by atoms with van der Waals surface area (Å²) in [6, 6.07) is 3.80. The fourth-order valence-electron chi connectivity index (χ4n) is 1.61. The molecule has 0 saturated carbocycles. The lowest BCUT2D eigenvalue weighted by molar-refractivity contribution is 0.0383. The molecule has 2 rings (SSSR count). The van der Waals surface area contributed by atoms with Crippen LogP contribution in [0.25, 0.3) is 9.40 Å². The fourth-order valence-corrected chi connectivity index (χ4v) is 4.38. The van der Waals surface area contributed by atoms with Crippen LogP contribution in [0, 0.1) is 0 Å². The fraction of sp³-hybridized carbons (Fsp3) is 0.417. The molecule has 0 aliphatic heterocycles. The number of carbonyl (C=O) groups is 1. The van der Waals surface area contributed by atoms with Crippen LogP contribution < -0.4 is 5.14 Å². The number of ether oxygens (including phenoxy) is 1. The minimum absolute atomic E-state index is 0.125. The van der Waals surface area contributed by atoms with Gasteiger partial charge < -0.3 is 4.74 Å². The van der Waals surface area contributed by atoms with Crippen molar-refractivity contribution < 1.29 is 17.9 Å². The second kappa shape index (κ2) is 5.56. The average molecular weight is 348 g/mol. The lowest BCUT2D eigenvalue weighted by atomic mass is 10.2. The van der Waals surface area contributed by atoms with Crippen LogP contribution in [0.3, 0.4) is 0 Å². The summed E-state index contributed by atoms with van der Waals surface area (Å²) in [5.41, 5.74) is -0.796. The zero-order valence-electron chi connectivity index (χ0n) is 11.8. The van der Waals surface area contributed by atoms with E-state index in [0.717, 1.165) is 14.3 Å². The van der Waals surface area contributed by atoms with Gasteiger partial charge in [0.05, 0.1) is 6.54 Å². The Morgan fingerprint density at radius 2 is 2.05 bits per heavy atom. The van der Waals surface area contributed by atoms with Gasteiger partial charge in [-0.3, -0.25) is 0 Å². The van der Waals surface area contributed by atoms with Crippen molar-refractivity contribution in [3.8, 4) is 0 Å².